The molecule has 2 amide bonds. The number of halogens is 1. The van der Waals surface area contributed by atoms with Crippen molar-refractivity contribution in [3.63, 3.8) is 0 Å². The second kappa shape index (κ2) is 12.6. The number of hydrogen-bond acceptors (Lipinski definition) is 5. The van der Waals surface area contributed by atoms with Gasteiger partial charge >= 0.3 is 0 Å². The molecule has 0 atom stereocenters. The largest absolute Gasteiger partial charge is 0.490 e. The van der Waals surface area contributed by atoms with Gasteiger partial charge in [-0.05, 0) is 84.0 Å². The Morgan fingerprint density at radius 1 is 1.03 bits per heavy atom. The number of aryl methyl sites for hydroxylation is 1. The molecule has 0 aliphatic heterocycles. The second-order valence-corrected chi connectivity index (χ2v) is 8.57. The third kappa shape index (κ3) is 7.32. The molecule has 0 saturated carbocycles. The molecule has 0 heterocycles. The molecule has 3 rings (SSSR count). The van der Waals surface area contributed by atoms with Crippen molar-refractivity contribution in [2.45, 2.75) is 13.8 Å². The van der Waals surface area contributed by atoms with Gasteiger partial charge in [0.25, 0.3) is 11.8 Å². The zero-order valence-corrected chi connectivity index (χ0v) is 21.5. The summed E-state index contributed by atoms with van der Waals surface area (Å²) in [6, 6.07) is 21.8. The monoisotopic (exact) mass is 581 g/mol. The van der Waals surface area contributed by atoms with Gasteiger partial charge in [0.05, 0.1) is 10.2 Å². The van der Waals surface area contributed by atoms with E-state index in [0.29, 0.717) is 32.9 Å². The van der Waals surface area contributed by atoms with Crippen LogP contribution < -0.4 is 20.1 Å². The lowest BCUT2D eigenvalue weighted by Gasteiger charge is -2.15. The van der Waals surface area contributed by atoms with Crippen LogP contribution in [0, 0.1) is 21.8 Å². The maximum Gasteiger partial charge on any atom is 0.266 e. The van der Waals surface area contributed by atoms with Crippen molar-refractivity contribution in [2.75, 3.05) is 23.8 Å². The highest BCUT2D eigenvalue weighted by Crippen LogP contribution is 2.35. The highest BCUT2D eigenvalue weighted by molar-refractivity contribution is 14.1. The first-order valence-corrected chi connectivity index (χ1v) is 11.9. The van der Waals surface area contributed by atoms with Crippen molar-refractivity contribution < 1.29 is 19.1 Å². The van der Waals surface area contributed by atoms with E-state index in [0.717, 1.165) is 11.3 Å². The maximum atomic E-state index is 12.6. The second-order valence-electron chi connectivity index (χ2n) is 7.40. The fraction of sp³-hybridized carbons (Fsp3) is 0.148. The quantitative estimate of drug-likeness (QED) is 0.196. The summed E-state index contributed by atoms with van der Waals surface area (Å²) < 4.78 is 12.2. The topological polar surface area (TPSA) is 100 Å². The predicted molar refractivity (Wildman–Crippen MR) is 144 cm³/mol. The number of para-hydroxylation sites is 2. The molecule has 0 saturated heterocycles. The number of benzene rings is 3. The highest BCUT2D eigenvalue weighted by Gasteiger charge is 2.16. The molecule has 35 heavy (non-hydrogen) atoms. The molecule has 0 radical (unpaired) electrons. The van der Waals surface area contributed by atoms with E-state index in [2.05, 4.69) is 33.2 Å². The summed E-state index contributed by atoms with van der Waals surface area (Å²) >= 11 is 2.07. The van der Waals surface area contributed by atoms with Crippen LogP contribution in [-0.2, 0) is 9.59 Å². The van der Waals surface area contributed by atoms with E-state index < -0.39 is 5.91 Å². The molecule has 0 aromatic heterocycles. The Balaban J connectivity index is 1.77. The minimum atomic E-state index is -0.514. The Morgan fingerprint density at radius 3 is 2.43 bits per heavy atom. The molecular formula is C27H24IN3O4. The van der Waals surface area contributed by atoms with Crippen molar-refractivity contribution in [1.82, 2.24) is 0 Å². The van der Waals surface area contributed by atoms with E-state index in [1.54, 1.807) is 36.4 Å². The van der Waals surface area contributed by atoms with Gasteiger partial charge in [0.1, 0.15) is 11.6 Å². The lowest BCUT2D eigenvalue weighted by molar-refractivity contribution is -0.118. The summed E-state index contributed by atoms with van der Waals surface area (Å²) in [6.07, 6.45) is 1.48. The summed E-state index contributed by atoms with van der Waals surface area (Å²) in [5.74, 6) is 0.0117. The average molecular weight is 581 g/mol. The summed E-state index contributed by atoms with van der Waals surface area (Å²) in [6.45, 7) is 3.91. The van der Waals surface area contributed by atoms with Crippen molar-refractivity contribution >= 4 is 51.9 Å². The minimum Gasteiger partial charge on any atom is -0.490 e. The number of hydrogen-bond donors (Lipinski definition) is 2. The van der Waals surface area contributed by atoms with Gasteiger partial charge < -0.3 is 20.1 Å². The molecule has 0 unspecified atom stereocenters. The van der Waals surface area contributed by atoms with Crippen LogP contribution in [0.4, 0.5) is 11.4 Å². The number of nitrogens with zero attached hydrogens (tertiary/aromatic N) is 1. The van der Waals surface area contributed by atoms with Gasteiger partial charge in [0.15, 0.2) is 18.1 Å². The predicted octanol–water partition coefficient (Wildman–Crippen LogP) is 5.56. The Bertz CT molecular complexity index is 1280. The number of anilines is 2. The van der Waals surface area contributed by atoms with Gasteiger partial charge in [0.2, 0.25) is 0 Å². The third-order valence-electron chi connectivity index (χ3n) is 4.81. The number of carbonyl (C=O) groups is 2. The first kappa shape index (κ1) is 25.8. The minimum absolute atomic E-state index is 0.0571. The van der Waals surface area contributed by atoms with Gasteiger partial charge in [-0.1, -0.05) is 36.4 Å². The van der Waals surface area contributed by atoms with Crippen molar-refractivity contribution in [1.29, 1.82) is 5.26 Å². The average Bonchev–Trinajstić information content (AvgIpc) is 2.84. The Hall–Kier alpha value is -3.84. The lowest BCUT2D eigenvalue weighted by Crippen LogP contribution is -2.21. The van der Waals surface area contributed by atoms with Crippen LogP contribution in [0.15, 0.2) is 72.3 Å². The van der Waals surface area contributed by atoms with Gasteiger partial charge in [-0.15, -0.1) is 0 Å². The number of nitriles is 1. The number of rotatable bonds is 9. The van der Waals surface area contributed by atoms with Gasteiger partial charge in [-0.3, -0.25) is 9.59 Å². The van der Waals surface area contributed by atoms with Crippen LogP contribution in [0.5, 0.6) is 11.5 Å². The van der Waals surface area contributed by atoms with Crippen molar-refractivity contribution in [3.8, 4) is 17.6 Å². The smallest absolute Gasteiger partial charge is 0.266 e. The van der Waals surface area contributed by atoms with Crippen LogP contribution in [0.1, 0.15) is 18.1 Å². The maximum absolute atomic E-state index is 12.6. The Kier molecular flexibility index (Phi) is 9.26. The number of ether oxygens (including phenoxy) is 2. The highest BCUT2D eigenvalue weighted by atomic mass is 127. The van der Waals surface area contributed by atoms with Crippen LogP contribution in [0.2, 0.25) is 0 Å². The molecule has 7 nitrogen and oxygen atoms in total. The van der Waals surface area contributed by atoms with Crippen LogP contribution in [0.25, 0.3) is 6.08 Å². The van der Waals surface area contributed by atoms with E-state index in [9.17, 15) is 14.9 Å². The van der Waals surface area contributed by atoms with E-state index in [-0.39, 0.29) is 18.1 Å². The molecule has 3 aromatic carbocycles. The van der Waals surface area contributed by atoms with E-state index in [1.807, 2.05) is 50.2 Å². The number of amides is 2. The van der Waals surface area contributed by atoms with Gasteiger partial charge in [-0.25, -0.2) is 0 Å². The molecule has 2 N–H and O–H groups in total. The van der Waals surface area contributed by atoms with Gasteiger partial charge in [0, 0.05) is 11.4 Å². The number of carbonyl (C=O) groups excluding carboxylic acids is 2. The summed E-state index contributed by atoms with van der Waals surface area (Å²) in [5, 5.41) is 15.1. The first-order valence-electron chi connectivity index (χ1n) is 10.8. The fourth-order valence-corrected chi connectivity index (χ4v) is 3.93. The van der Waals surface area contributed by atoms with Crippen LogP contribution in [-0.4, -0.2) is 25.0 Å². The fourth-order valence-electron chi connectivity index (χ4n) is 3.15. The third-order valence-corrected chi connectivity index (χ3v) is 5.61. The van der Waals surface area contributed by atoms with Crippen molar-refractivity contribution in [2.24, 2.45) is 0 Å². The molecule has 0 aliphatic carbocycles. The molecule has 3 aromatic rings. The molecule has 0 bridgehead atoms. The van der Waals surface area contributed by atoms with Crippen LogP contribution in [0.3, 0.4) is 0 Å². The molecule has 178 valence electrons. The molecular weight excluding hydrogens is 557 g/mol. The summed E-state index contributed by atoms with van der Waals surface area (Å²) in [4.78, 5) is 25.0. The normalized spacial score (nSPS) is 10.7. The molecule has 8 heteroatoms. The zero-order chi connectivity index (χ0) is 25.2. The SMILES string of the molecule is CCOc1cc(/C=C(\C#N)C(=O)Nc2ccccc2)cc(I)c1OCC(=O)Nc1ccccc1C. The van der Waals surface area contributed by atoms with E-state index >= 15 is 0 Å². The summed E-state index contributed by atoms with van der Waals surface area (Å²) in [7, 11) is 0. The van der Waals surface area contributed by atoms with Gasteiger partial charge in [-0.2, -0.15) is 5.26 Å². The van der Waals surface area contributed by atoms with Crippen molar-refractivity contribution in [3.05, 3.63) is 87.0 Å². The van der Waals surface area contributed by atoms with E-state index in [1.165, 1.54) is 6.08 Å². The first-order chi connectivity index (χ1) is 16.9. The van der Waals surface area contributed by atoms with Crippen LogP contribution >= 0.6 is 22.6 Å². The van der Waals surface area contributed by atoms with E-state index in [4.69, 9.17) is 9.47 Å². The summed E-state index contributed by atoms with van der Waals surface area (Å²) in [5.41, 5.74) is 2.80. The standard InChI is InChI=1S/C27H24IN3O4/c1-3-34-24-15-19(13-20(16-29)27(33)30-21-10-5-4-6-11-21)14-22(28)26(24)35-17-25(32)31-23-12-8-7-9-18(23)2/h4-15H,3,17H2,1-2H3,(H,30,33)(H,31,32)/b20-13+. The molecule has 0 spiro atoms. The zero-order valence-electron chi connectivity index (χ0n) is 19.3. The number of nitrogens with one attached hydrogen (secondary N) is 2. The molecule has 0 fully saturated rings. The lowest BCUT2D eigenvalue weighted by atomic mass is 10.1. The Labute approximate surface area is 217 Å². The Morgan fingerprint density at radius 2 is 1.74 bits per heavy atom. The molecule has 0 aliphatic rings.